The van der Waals surface area contributed by atoms with Crippen molar-refractivity contribution in [2.24, 2.45) is 0 Å². The van der Waals surface area contributed by atoms with E-state index in [4.69, 9.17) is 4.74 Å². The Morgan fingerprint density at radius 1 is 1.12 bits per heavy atom. The minimum atomic E-state index is -0.0835. The smallest absolute Gasteiger partial charge is 0.259 e. The number of carbonyl (C=O) groups is 1. The van der Waals surface area contributed by atoms with Crippen LogP contribution >= 0.6 is 11.8 Å². The van der Waals surface area contributed by atoms with Gasteiger partial charge in [-0.05, 0) is 31.5 Å². The van der Waals surface area contributed by atoms with Crippen LogP contribution in [-0.2, 0) is 6.54 Å². The highest BCUT2D eigenvalue weighted by atomic mass is 32.2. The van der Waals surface area contributed by atoms with Crippen LogP contribution in [-0.4, -0.2) is 60.8 Å². The number of nitrogens with zero attached hydrogens (tertiary/aromatic N) is 4. The van der Waals surface area contributed by atoms with Crippen LogP contribution in [0.1, 0.15) is 34.0 Å². The highest BCUT2D eigenvalue weighted by Crippen LogP contribution is 2.30. The Labute approximate surface area is 205 Å². The first-order valence-electron chi connectivity index (χ1n) is 11.5. The standard InChI is InChI=1S/C26H31N5O2S/c1-27-14-13-23(19-9-5-4-6-10-19)33-22-12-8-7-11-20(22)18-31-16-15-30(2)24-21(25(31)32)17-28-26(29-24)34-3/h4-12,17,23,27H,13-16,18H2,1-3H3. The molecule has 1 N–H and O–H groups in total. The van der Waals surface area contributed by atoms with E-state index in [0.29, 0.717) is 36.2 Å². The zero-order valence-corrected chi connectivity index (χ0v) is 20.7. The molecule has 3 aromatic rings. The van der Waals surface area contributed by atoms with Crippen LogP contribution in [0.2, 0.25) is 0 Å². The molecule has 2 heterocycles. The van der Waals surface area contributed by atoms with Gasteiger partial charge in [-0.2, -0.15) is 0 Å². The van der Waals surface area contributed by atoms with E-state index in [1.54, 1.807) is 6.20 Å². The molecule has 1 aliphatic heterocycles. The number of amides is 1. The first kappa shape index (κ1) is 24.0. The first-order chi connectivity index (χ1) is 16.6. The summed E-state index contributed by atoms with van der Waals surface area (Å²) in [6, 6.07) is 18.3. The van der Waals surface area contributed by atoms with Gasteiger partial charge in [0.2, 0.25) is 0 Å². The zero-order valence-electron chi connectivity index (χ0n) is 19.9. The molecule has 0 fully saturated rings. The Morgan fingerprint density at radius 3 is 2.65 bits per heavy atom. The van der Waals surface area contributed by atoms with Crippen molar-refractivity contribution in [3.8, 4) is 5.75 Å². The predicted molar refractivity (Wildman–Crippen MR) is 137 cm³/mol. The molecule has 1 aromatic heterocycles. The van der Waals surface area contributed by atoms with Crippen molar-refractivity contribution in [3.05, 3.63) is 77.5 Å². The molecule has 178 valence electrons. The summed E-state index contributed by atoms with van der Waals surface area (Å²) in [6.07, 6.45) is 4.34. The molecular formula is C26H31N5O2S. The monoisotopic (exact) mass is 477 g/mol. The number of hydrogen-bond donors (Lipinski definition) is 1. The van der Waals surface area contributed by atoms with Gasteiger partial charge in [0, 0.05) is 44.9 Å². The van der Waals surface area contributed by atoms with Gasteiger partial charge in [0.1, 0.15) is 23.2 Å². The van der Waals surface area contributed by atoms with E-state index in [2.05, 4.69) is 27.4 Å². The Bertz CT molecular complexity index is 1110. The molecule has 4 rings (SSSR count). The minimum absolute atomic E-state index is 0.0587. The van der Waals surface area contributed by atoms with Gasteiger partial charge in [0.05, 0.1) is 0 Å². The number of aromatic nitrogens is 2. The van der Waals surface area contributed by atoms with Gasteiger partial charge in [0.15, 0.2) is 5.16 Å². The van der Waals surface area contributed by atoms with Crippen LogP contribution in [0.25, 0.3) is 0 Å². The second kappa shape index (κ2) is 11.4. The number of benzene rings is 2. The third-order valence-corrected chi connectivity index (χ3v) is 6.51. The fourth-order valence-corrected chi connectivity index (χ4v) is 4.38. The molecule has 2 aromatic carbocycles. The highest BCUT2D eigenvalue weighted by molar-refractivity contribution is 7.98. The van der Waals surface area contributed by atoms with E-state index in [1.807, 2.05) is 72.6 Å². The quantitative estimate of drug-likeness (QED) is 0.369. The van der Waals surface area contributed by atoms with Crippen molar-refractivity contribution in [1.29, 1.82) is 0 Å². The van der Waals surface area contributed by atoms with E-state index in [-0.39, 0.29) is 12.0 Å². The summed E-state index contributed by atoms with van der Waals surface area (Å²) in [5.74, 6) is 1.43. The predicted octanol–water partition coefficient (Wildman–Crippen LogP) is 4.02. The summed E-state index contributed by atoms with van der Waals surface area (Å²) < 4.78 is 6.55. The second-order valence-electron chi connectivity index (χ2n) is 8.26. The molecular weight excluding hydrogens is 446 g/mol. The van der Waals surface area contributed by atoms with Crippen LogP contribution in [0.15, 0.2) is 66.0 Å². The highest BCUT2D eigenvalue weighted by Gasteiger charge is 2.28. The maximum atomic E-state index is 13.4. The van der Waals surface area contributed by atoms with E-state index in [9.17, 15) is 4.79 Å². The average Bonchev–Trinajstić information content (AvgIpc) is 2.99. The molecule has 0 spiro atoms. The van der Waals surface area contributed by atoms with Gasteiger partial charge in [-0.15, -0.1) is 0 Å². The van der Waals surface area contributed by atoms with E-state index in [1.165, 1.54) is 11.8 Å². The maximum absolute atomic E-state index is 13.4. The maximum Gasteiger partial charge on any atom is 0.259 e. The van der Waals surface area contributed by atoms with Crippen molar-refractivity contribution in [2.45, 2.75) is 24.2 Å². The summed E-state index contributed by atoms with van der Waals surface area (Å²) in [7, 11) is 3.91. The number of nitrogens with one attached hydrogen (secondary N) is 1. The SMILES string of the molecule is CNCCC(Oc1ccccc1CN1CCN(C)c2nc(SC)ncc2C1=O)c1ccccc1. The number of para-hydroxylation sites is 1. The molecule has 0 saturated carbocycles. The van der Waals surface area contributed by atoms with Crippen LogP contribution in [0.4, 0.5) is 5.82 Å². The minimum Gasteiger partial charge on any atom is -0.485 e. The van der Waals surface area contributed by atoms with Crippen molar-refractivity contribution in [1.82, 2.24) is 20.2 Å². The van der Waals surface area contributed by atoms with Gasteiger partial charge in [-0.3, -0.25) is 4.79 Å². The fourth-order valence-electron chi connectivity index (χ4n) is 4.04. The molecule has 0 aliphatic carbocycles. The summed E-state index contributed by atoms with van der Waals surface area (Å²) in [5, 5.41) is 3.88. The second-order valence-corrected chi connectivity index (χ2v) is 9.03. The summed E-state index contributed by atoms with van der Waals surface area (Å²) in [4.78, 5) is 26.3. The number of anilines is 1. The van der Waals surface area contributed by atoms with Gasteiger partial charge >= 0.3 is 0 Å². The molecule has 1 atom stereocenters. The van der Waals surface area contributed by atoms with Gasteiger partial charge in [0.25, 0.3) is 5.91 Å². The molecule has 8 heteroatoms. The van der Waals surface area contributed by atoms with Crippen LogP contribution in [0.3, 0.4) is 0 Å². The van der Waals surface area contributed by atoms with Crippen LogP contribution < -0.4 is 15.0 Å². The van der Waals surface area contributed by atoms with Crippen molar-refractivity contribution >= 4 is 23.5 Å². The Morgan fingerprint density at radius 2 is 1.88 bits per heavy atom. The molecule has 1 unspecified atom stereocenters. The van der Waals surface area contributed by atoms with Crippen LogP contribution in [0, 0.1) is 0 Å². The molecule has 0 saturated heterocycles. The van der Waals surface area contributed by atoms with Crippen molar-refractivity contribution in [3.63, 3.8) is 0 Å². The first-order valence-corrected chi connectivity index (χ1v) is 12.7. The molecule has 0 radical (unpaired) electrons. The number of rotatable bonds is 9. The molecule has 34 heavy (non-hydrogen) atoms. The zero-order chi connectivity index (χ0) is 23.9. The lowest BCUT2D eigenvalue weighted by atomic mass is 10.1. The van der Waals surface area contributed by atoms with Crippen molar-refractivity contribution in [2.75, 3.05) is 44.9 Å². The third-order valence-electron chi connectivity index (χ3n) is 5.94. The van der Waals surface area contributed by atoms with E-state index in [0.717, 1.165) is 29.8 Å². The average molecular weight is 478 g/mol. The largest absolute Gasteiger partial charge is 0.485 e. The normalized spacial score (nSPS) is 14.5. The van der Waals surface area contributed by atoms with E-state index < -0.39 is 0 Å². The molecule has 1 aliphatic rings. The number of hydrogen-bond acceptors (Lipinski definition) is 7. The van der Waals surface area contributed by atoms with Gasteiger partial charge in [-0.1, -0.05) is 60.3 Å². The lowest BCUT2D eigenvalue weighted by molar-refractivity contribution is 0.0751. The molecule has 1 amide bonds. The number of carbonyl (C=O) groups excluding carboxylic acids is 1. The Kier molecular flexibility index (Phi) is 8.03. The Balaban J connectivity index is 1.58. The summed E-state index contributed by atoms with van der Waals surface area (Å²) in [6.45, 7) is 2.59. The van der Waals surface area contributed by atoms with Crippen molar-refractivity contribution < 1.29 is 9.53 Å². The Hall–Kier alpha value is -3.10. The number of thioether (sulfide) groups is 1. The number of fused-ring (bicyclic) bond motifs is 1. The molecule has 7 nitrogen and oxygen atoms in total. The van der Waals surface area contributed by atoms with Gasteiger partial charge < -0.3 is 19.9 Å². The summed E-state index contributed by atoms with van der Waals surface area (Å²) >= 11 is 1.47. The number of ether oxygens (including phenoxy) is 1. The van der Waals surface area contributed by atoms with Gasteiger partial charge in [-0.25, -0.2) is 9.97 Å². The fraction of sp³-hybridized carbons (Fsp3) is 0.346. The van der Waals surface area contributed by atoms with E-state index >= 15 is 0 Å². The summed E-state index contributed by atoms with van der Waals surface area (Å²) in [5.41, 5.74) is 2.65. The lowest BCUT2D eigenvalue weighted by Gasteiger charge is -2.25. The number of likely N-dealkylation sites (N-methyl/N-ethyl adjacent to an activating group) is 1. The van der Waals surface area contributed by atoms with Crippen LogP contribution in [0.5, 0.6) is 5.75 Å². The topological polar surface area (TPSA) is 70.6 Å². The third kappa shape index (κ3) is 5.51. The molecule has 0 bridgehead atoms. The lowest BCUT2D eigenvalue weighted by Crippen LogP contribution is -2.33.